The highest BCUT2D eigenvalue weighted by atomic mass is 35.5. The second-order valence-corrected chi connectivity index (χ2v) is 8.90. The summed E-state index contributed by atoms with van der Waals surface area (Å²) in [5.74, 6) is 6.11. The van der Waals surface area contributed by atoms with Crippen LogP contribution in [0, 0.1) is 0 Å². The van der Waals surface area contributed by atoms with E-state index in [1.54, 1.807) is 25.1 Å². The number of hydrogen-bond acceptors (Lipinski definition) is 7. The van der Waals surface area contributed by atoms with Crippen LogP contribution in [0.15, 0.2) is 54.2 Å². The van der Waals surface area contributed by atoms with Crippen molar-refractivity contribution >= 4 is 40.1 Å². The largest absolute Gasteiger partial charge is 0.489 e. The number of rotatable bonds is 11. The van der Waals surface area contributed by atoms with Gasteiger partial charge < -0.3 is 24.2 Å². The van der Waals surface area contributed by atoms with Crippen molar-refractivity contribution in [1.29, 1.82) is 0 Å². The number of aryl methyl sites for hydroxylation is 1. The molecule has 0 radical (unpaired) electrons. The maximum Gasteiger partial charge on any atom is 0.307 e. The number of halogens is 1. The van der Waals surface area contributed by atoms with Gasteiger partial charge in [0, 0.05) is 42.8 Å². The van der Waals surface area contributed by atoms with E-state index in [1.165, 1.54) is 0 Å². The quantitative estimate of drug-likeness (QED) is 0.124. The molecular formula is C27H33ClN4O4. The molecule has 3 N–H and O–H groups in total. The number of hydrogen-bond donors (Lipinski definition) is 2. The molecule has 3 aromatic rings. The molecule has 1 aromatic heterocycles. The number of carbonyl (C=O) groups excluding carboxylic acids is 1. The summed E-state index contributed by atoms with van der Waals surface area (Å²) < 4.78 is 12.7. The average molecular weight is 513 g/mol. The van der Waals surface area contributed by atoms with Gasteiger partial charge >= 0.3 is 5.97 Å². The Kier molecular flexibility index (Phi) is 9.52. The first kappa shape index (κ1) is 27.3. The van der Waals surface area contributed by atoms with Gasteiger partial charge in [0.15, 0.2) is 0 Å². The number of aliphatic imine (C=N–C) groups is 1. The fourth-order valence-corrected chi connectivity index (χ4v) is 4.12. The molecule has 0 saturated heterocycles. The van der Waals surface area contributed by atoms with Crippen molar-refractivity contribution in [3.8, 4) is 5.75 Å². The first-order valence-electron chi connectivity index (χ1n) is 11.8. The lowest BCUT2D eigenvalue weighted by molar-refractivity contribution is -0.142. The zero-order valence-electron chi connectivity index (χ0n) is 21.1. The van der Waals surface area contributed by atoms with E-state index >= 15 is 0 Å². The Labute approximate surface area is 216 Å². The predicted molar refractivity (Wildman–Crippen MR) is 144 cm³/mol. The van der Waals surface area contributed by atoms with Crippen molar-refractivity contribution in [3.05, 3.63) is 70.9 Å². The molecule has 0 unspecified atom stereocenters. The minimum absolute atomic E-state index is 0.00421. The van der Waals surface area contributed by atoms with Gasteiger partial charge in [-0.2, -0.15) is 5.90 Å². The highest BCUT2D eigenvalue weighted by Crippen LogP contribution is 2.30. The first-order valence-corrected chi connectivity index (χ1v) is 12.2. The van der Waals surface area contributed by atoms with Crippen molar-refractivity contribution in [2.75, 3.05) is 13.2 Å². The van der Waals surface area contributed by atoms with E-state index in [4.69, 9.17) is 31.8 Å². The van der Waals surface area contributed by atoms with Gasteiger partial charge in [-0.1, -0.05) is 36.4 Å². The molecule has 3 rings (SSSR count). The van der Waals surface area contributed by atoms with Crippen LogP contribution in [0.4, 0.5) is 0 Å². The molecule has 0 saturated carbocycles. The van der Waals surface area contributed by atoms with Gasteiger partial charge in [0.05, 0.1) is 35.4 Å². The Morgan fingerprint density at radius 1 is 1.28 bits per heavy atom. The van der Waals surface area contributed by atoms with E-state index in [1.807, 2.05) is 43.7 Å². The highest BCUT2D eigenvalue weighted by molar-refractivity contribution is 6.32. The van der Waals surface area contributed by atoms with E-state index in [0.717, 1.165) is 22.0 Å². The van der Waals surface area contributed by atoms with Crippen molar-refractivity contribution < 1.29 is 19.1 Å². The fraction of sp³-hybridized carbons (Fsp3) is 0.333. The summed E-state index contributed by atoms with van der Waals surface area (Å²) in [4.78, 5) is 21.2. The third-order valence-corrected chi connectivity index (χ3v) is 5.71. The summed E-state index contributed by atoms with van der Waals surface area (Å²) in [7, 11) is 1.97. The van der Waals surface area contributed by atoms with Crippen molar-refractivity contribution in [1.82, 2.24) is 9.88 Å². The fourth-order valence-electron chi connectivity index (χ4n) is 3.90. The lowest BCUT2D eigenvalue weighted by Crippen LogP contribution is -2.18. The molecule has 1 heterocycles. The van der Waals surface area contributed by atoms with Crippen molar-refractivity contribution in [3.63, 3.8) is 0 Å². The van der Waals surface area contributed by atoms with Crippen LogP contribution in [0.5, 0.6) is 5.75 Å². The summed E-state index contributed by atoms with van der Waals surface area (Å²) in [6.07, 6.45) is 2.37. The molecule has 0 aliphatic carbocycles. The standard InChI is InChI=1S/C27H33ClN4O4/c1-6-34-25(33)12-13-30-15-20-16-32(5)26-21(8-7-9-22(20)26)18(4)31-27(36-29)19-10-11-24(23(28)14-19)35-17(2)3/h7-11,14,16-17,30H,4,6,12-13,15,29H2,1-3,5H3. The van der Waals surface area contributed by atoms with Crippen LogP contribution < -0.4 is 16.0 Å². The highest BCUT2D eigenvalue weighted by Gasteiger charge is 2.15. The Hall–Kier alpha value is -3.33. The van der Waals surface area contributed by atoms with Crippen LogP contribution in [0.25, 0.3) is 16.6 Å². The van der Waals surface area contributed by atoms with Crippen LogP contribution in [-0.4, -0.2) is 35.7 Å². The summed E-state index contributed by atoms with van der Waals surface area (Å²) in [5.41, 5.74) is 4.00. The molecule has 0 aliphatic heterocycles. The second kappa shape index (κ2) is 12.6. The minimum atomic E-state index is -0.208. The zero-order chi connectivity index (χ0) is 26.2. The molecule has 36 heavy (non-hydrogen) atoms. The minimum Gasteiger partial charge on any atom is -0.489 e. The van der Waals surface area contributed by atoms with Crippen LogP contribution in [0.1, 0.15) is 43.9 Å². The van der Waals surface area contributed by atoms with E-state index in [2.05, 4.69) is 23.1 Å². The number of carbonyl (C=O) groups is 1. The lowest BCUT2D eigenvalue weighted by Gasteiger charge is -2.13. The monoisotopic (exact) mass is 512 g/mol. The normalized spacial score (nSPS) is 11.7. The first-order chi connectivity index (χ1) is 17.2. The Morgan fingerprint density at radius 2 is 2.06 bits per heavy atom. The Balaban J connectivity index is 1.83. The molecule has 0 bridgehead atoms. The van der Waals surface area contributed by atoms with Gasteiger partial charge in [0.1, 0.15) is 5.75 Å². The SMILES string of the molecule is C=C(N=C(ON)c1ccc(OC(C)C)c(Cl)c1)c1cccc2c(CNCCC(=O)OCC)cn(C)c12. The van der Waals surface area contributed by atoms with E-state index in [9.17, 15) is 4.79 Å². The van der Waals surface area contributed by atoms with Gasteiger partial charge in [-0.3, -0.25) is 4.79 Å². The molecule has 9 heteroatoms. The molecule has 0 aliphatic rings. The Morgan fingerprint density at radius 3 is 2.72 bits per heavy atom. The van der Waals surface area contributed by atoms with E-state index in [-0.39, 0.29) is 18.0 Å². The molecule has 0 amide bonds. The maximum absolute atomic E-state index is 11.6. The number of nitrogens with two attached hydrogens (primary N) is 1. The molecule has 0 atom stereocenters. The number of nitrogens with zero attached hydrogens (tertiary/aromatic N) is 2. The molecule has 8 nitrogen and oxygen atoms in total. The number of fused-ring (bicyclic) bond motifs is 1. The summed E-state index contributed by atoms with van der Waals surface area (Å²) in [6.45, 7) is 11.4. The van der Waals surface area contributed by atoms with Crippen LogP contribution >= 0.6 is 11.6 Å². The van der Waals surface area contributed by atoms with Crippen LogP contribution in [-0.2, 0) is 28.0 Å². The molecule has 192 valence electrons. The van der Waals surface area contributed by atoms with E-state index in [0.29, 0.717) is 48.1 Å². The van der Waals surface area contributed by atoms with Gasteiger partial charge in [-0.05, 0) is 44.5 Å². The predicted octanol–water partition coefficient (Wildman–Crippen LogP) is 4.97. The maximum atomic E-state index is 11.6. The smallest absolute Gasteiger partial charge is 0.307 e. The number of nitrogens with one attached hydrogen (secondary N) is 1. The Bertz CT molecular complexity index is 1270. The summed E-state index contributed by atoms with van der Waals surface area (Å²) in [5, 5.41) is 4.80. The van der Waals surface area contributed by atoms with Gasteiger partial charge in [0.2, 0.25) is 5.90 Å². The van der Waals surface area contributed by atoms with Crippen LogP contribution in [0.3, 0.4) is 0 Å². The van der Waals surface area contributed by atoms with Crippen LogP contribution in [0.2, 0.25) is 5.02 Å². The molecule has 0 spiro atoms. The average Bonchev–Trinajstić information content (AvgIpc) is 3.17. The summed E-state index contributed by atoms with van der Waals surface area (Å²) >= 11 is 6.38. The number of para-hydroxylation sites is 1. The number of aromatic nitrogens is 1. The molecule has 2 aromatic carbocycles. The van der Waals surface area contributed by atoms with Gasteiger partial charge in [-0.25, -0.2) is 4.99 Å². The third kappa shape index (κ3) is 6.66. The van der Waals surface area contributed by atoms with E-state index < -0.39 is 0 Å². The number of benzene rings is 2. The number of ether oxygens (including phenoxy) is 2. The number of esters is 1. The summed E-state index contributed by atoms with van der Waals surface area (Å²) in [6, 6.07) is 11.2. The lowest BCUT2D eigenvalue weighted by atomic mass is 10.1. The topological polar surface area (TPSA) is 100 Å². The molecular weight excluding hydrogens is 480 g/mol. The molecule has 0 fully saturated rings. The second-order valence-electron chi connectivity index (χ2n) is 8.49. The van der Waals surface area contributed by atoms with Gasteiger partial charge in [0.25, 0.3) is 0 Å². The zero-order valence-corrected chi connectivity index (χ0v) is 21.9. The third-order valence-electron chi connectivity index (χ3n) is 5.41. The van der Waals surface area contributed by atoms with Crippen molar-refractivity contribution in [2.45, 2.75) is 39.8 Å². The van der Waals surface area contributed by atoms with Crippen molar-refractivity contribution in [2.24, 2.45) is 17.9 Å². The van der Waals surface area contributed by atoms with Gasteiger partial charge in [-0.15, -0.1) is 0 Å².